The highest BCUT2D eigenvalue weighted by Crippen LogP contribution is 2.27. The predicted molar refractivity (Wildman–Crippen MR) is 74.6 cm³/mol. The smallest absolute Gasteiger partial charge is 0.129 e. The summed E-state index contributed by atoms with van der Waals surface area (Å²) in [6.45, 7) is 9.81. The number of rotatable bonds is 3. The third-order valence-corrected chi connectivity index (χ3v) is 3.62. The lowest BCUT2D eigenvalue weighted by molar-refractivity contribution is 0.407. The summed E-state index contributed by atoms with van der Waals surface area (Å²) in [5.74, 6) is 1.61. The fourth-order valence-electron chi connectivity index (χ4n) is 2.85. The first kappa shape index (κ1) is 13.5. The predicted octanol–water partition coefficient (Wildman–Crippen LogP) is 3.11. The minimum absolute atomic E-state index is 0.465. The van der Waals surface area contributed by atoms with Crippen LogP contribution < -0.4 is 5.32 Å². The molecule has 1 fully saturated rings. The zero-order valence-corrected chi connectivity index (χ0v) is 12.1. The number of aromatic nitrogens is 2. The van der Waals surface area contributed by atoms with Crippen molar-refractivity contribution >= 4 is 0 Å². The van der Waals surface area contributed by atoms with Crippen LogP contribution in [0.15, 0.2) is 0 Å². The fraction of sp³-hybridized carbons (Fsp3) is 0.733. The van der Waals surface area contributed by atoms with Gasteiger partial charge in [0.05, 0.1) is 0 Å². The highest BCUT2D eigenvalue weighted by molar-refractivity contribution is 5.28. The van der Waals surface area contributed by atoms with Crippen molar-refractivity contribution < 1.29 is 0 Å². The molecule has 1 unspecified atom stereocenters. The maximum atomic E-state index is 4.70. The van der Waals surface area contributed by atoms with Gasteiger partial charge in [0.15, 0.2) is 0 Å². The molecular weight excluding hydrogens is 222 g/mol. The Bertz CT molecular complexity index is 383. The Morgan fingerprint density at radius 3 is 2.33 bits per heavy atom. The Balaban J connectivity index is 2.25. The van der Waals surface area contributed by atoms with Crippen LogP contribution >= 0.6 is 0 Å². The van der Waals surface area contributed by atoms with Crippen LogP contribution in [0.1, 0.15) is 61.9 Å². The number of hydrogen-bond acceptors (Lipinski definition) is 3. The molecule has 1 saturated heterocycles. The first-order chi connectivity index (χ1) is 8.58. The monoisotopic (exact) mass is 247 g/mol. The minimum atomic E-state index is 0.465. The standard InChI is InChI=1S/C15H25N3/c1-10(2)9-14-17-11(3)15(12(4)18-14)13-7-5-6-8-16-13/h10,13,16H,5-9H2,1-4H3. The zero-order valence-electron chi connectivity index (χ0n) is 12.1. The molecule has 1 aromatic rings. The molecule has 2 heterocycles. The summed E-state index contributed by atoms with van der Waals surface area (Å²) in [7, 11) is 0. The van der Waals surface area contributed by atoms with Gasteiger partial charge in [0.2, 0.25) is 0 Å². The number of piperidine rings is 1. The molecular formula is C15H25N3. The molecule has 0 amide bonds. The van der Waals surface area contributed by atoms with Crippen LogP contribution in [0.4, 0.5) is 0 Å². The van der Waals surface area contributed by atoms with Crippen LogP contribution in [-0.4, -0.2) is 16.5 Å². The Hall–Kier alpha value is -0.960. The molecule has 1 aliphatic rings. The molecule has 18 heavy (non-hydrogen) atoms. The van der Waals surface area contributed by atoms with Crippen LogP contribution in [0.2, 0.25) is 0 Å². The van der Waals surface area contributed by atoms with Crippen molar-refractivity contribution in [3.63, 3.8) is 0 Å². The normalized spacial score (nSPS) is 20.4. The molecule has 1 N–H and O–H groups in total. The molecule has 0 saturated carbocycles. The average molecular weight is 247 g/mol. The van der Waals surface area contributed by atoms with E-state index in [2.05, 4.69) is 33.0 Å². The number of hydrogen-bond donors (Lipinski definition) is 1. The van der Waals surface area contributed by atoms with Gasteiger partial charge in [0.1, 0.15) is 5.82 Å². The van der Waals surface area contributed by atoms with E-state index in [9.17, 15) is 0 Å². The number of nitrogens with one attached hydrogen (secondary N) is 1. The molecule has 1 aliphatic heterocycles. The summed E-state index contributed by atoms with van der Waals surface area (Å²) in [5, 5.41) is 3.60. The van der Waals surface area contributed by atoms with Crippen molar-refractivity contribution in [2.45, 2.75) is 59.4 Å². The number of nitrogens with zero attached hydrogens (tertiary/aromatic N) is 2. The van der Waals surface area contributed by atoms with Crippen LogP contribution in [0, 0.1) is 19.8 Å². The van der Waals surface area contributed by atoms with Crippen molar-refractivity contribution in [3.05, 3.63) is 22.8 Å². The lowest BCUT2D eigenvalue weighted by atomic mass is 9.95. The van der Waals surface area contributed by atoms with Gasteiger partial charge in [-0.05, 0) is 39.2 Å². The minimum Gasteiger partial charge on any atom is -0.310 e. The molecule has 2 rings (SSSR count). The van der Waals surface area contributed by atoms with E-state index in [0.717, 1.165) is 30.2 Å². The van der Waals surface area contributed by atoms with E-state index in [-0.39, 0.29) is 0 Å². The molecule has 0 radical (unpaired) electrons. The lowest BCUT2D eigenvalue weighted by Crippen LogP contribution is -2.28. The van der Waals surface area contributed by atoms with E-state index in [1.165, 1.54) is 24.8 Å². The average Bonchev–Trinajstić information content (AvgIpc) is 2.28. The van der Waals surface area contributed by atoms with E-state index in [1.54, 1.807) is 0 Å². The Morgan fingerprint density at radius 1 is 1.17 bits per heavy atom. The number of aryl methyl sites for hydroxylation is 2. The quantitative estimate of drug-likeness (QED) is 0.892. The fourth-order valence-corrected chi connectivity index (χ4v) is 2.85. The first-order valence-electron chi connectivity index (χ1n) is 7.15. The van der Waals surface area contributed by atoms with E-state index in [1.807, 2.05) is 0 Å². The summed E-state index contributed by atoms with van der Waals surface area (Å²) in [6.07, 6.45) is 4.79. The topological polar surface area (TPSA) is 37.8 Å². The maximum Gasteiger partial charge on any atom is 0.129 e. The molecule has 0 aromatic carbocycles. The summed E-state index contributed by atoms with van der Waals surface area (Å²) in [4.78, 5) is 9.40. The second-order valence-corrected chi connectivity index (χ2v) is 5.82. The molecule has 3 nitrogen and oxygen atoms in total. The van der Waals surface area contributed by atoms with Crippen LogP contribution in [0.5, 0.6) is 0 Å². The van der Waals surface area contributed by atoms with Crippen LogP contribution in [-0.2, 0) is 6.42 Å². The first-order valence-corrected chi connectivity index (χ1v) is 7.15. The van der Waals surface area contributed by atoms with E-state index < -0.39 is 0 Å². The third kappa shape index (κ3) is 3.08. The lowest BCUT2D eigenvalue weighted by Gasteiger charge is -2.26. The molecule has 1 aromatic heterocycles. The Morgan fingerprint density at radius 2 is 1.83 bits per heavy atom. The summed E-state index contributed by atoms with van der Waals surface area (Å²) >= 11 is 0. The zero-order chi connectivity index (χ0) is 13.1. The summed E-state index contributed by atoms with van der Waals surface area (Å²) in [6, 6.07) is 0.465. The SMILES string of the molecule is Cc1nc(CC(C)C)nc(C)c1C1CCCCN1. The molecule has 3 heteroatoms. The molecule has 100 valence electrons. The Labute approximate surface area is 110 Å². The van der Waals surface area contributed by atoms with Gasteiger partial charge in [-0.15, -0.1) is 0 Å². The van der Waals surface area contributed by atoms with E-state index in [0.29, 0.717) is 12.0 Å². The molecule has 0 aliphatic carbocycles. The van der Waals surface area contributed by atoms with Crippen molar-refractivity contribution in [2.24, 2.45) is 5.92 Å². The maximum absolute atomic E-state index is 4.70. The second kappa shape index (κ2) is 5.79. The summed E-state index contributed by atoms with van der Waals surface area (Å²) < 4.78 is 0. The van der Waals surface area contributed by atoms with Gasteiger partial charge >= 0.3 is 0 Å². The van der Waals surface area contributed by atoms with E-state index in [4.69, 9.17) is 9.97 Å². The highest BCUT2D eigenvalue weighted by Gasteiger charge is 2.20. The van der Waals surface area contributed by atoms with Gasteiger partial charge in [-0.3, -0.25) is 0 Å². The van der Waals surface area contributed by atoms with Crippen LogP contribution in [0.25, 0.3) is 0 Å². The Kier molecular flexibility index (Phi) is 4.33. The van der Waals surface area contributed by atoms with Crippen molar-refractivity contribution in [1.29, 1.82) is 0 Å². The second-order valence-electron chi connectivity index (χ2n) is 5.82. The van der Waals surface area contributed by atoms with Crippen LogP contribution in [0.3, 0.4) is 0 Å². The molecule has 1 atom stereocenters. The van der Waals surface area contributed by atoms with Gasteiger partial charge in [-0.25, -0.2) is 9.97 Å². The van der Waals surface area contributed by atoms with Gasteiger partial charge in [-0.1, -0.05) is 20.3 Å². The largest absolute Gasteiger partial charge is 0.310 e. The molecule has 0 bridgehead atoms. The van der Waals surface area contributed by atoms with Crippen molar-refractivity contribution in [3.8, 4) is 0 Å². The van der Waals surface area contributed by atoms with Crippen molar-refractivity contribution in [1.82, 2.24) is 15.3 Å². The van der Waals surface area contributed by atoms with Gasteiger partial charge in [0.25, 0.3) is 0 Å². The third-order valence-electron chi connectivity index (χ3n) is 3.62. The molecule has 0 spiro atoms. The summed E-state index contributed by atoms with van der Waals surface area (Å²) in [5.41, 5.74) is 3.66. The highest BCUT2D eigenvalue weighted by atomic mass is 15.0. The van der Waals surface area contributed by atoms with Gasteiger partial charge in [-0.2, -0.15) is 0 Å². The van der Waals surface area contributed by atoms with Gasteiger partial charge in [0, 0.05) is 29.4 Å². The van der Waals surface area contributed by atoms with Crippen molar-refractivity contribution in [2.75, 3.05) is 6.54 Å². The van der Waals surface area contributed by atoms with Gasteiger partial charge < -0.3 is 5.32 Å². The van der Waals surface area contributed by atoms with E-state index >= 15 is 0 Å².